The number of benzene rings is 1. The summed E-state index contributed by atoms with van der Waals surface area (Å²) >= 11 is 0. The van der Waals surface area contributed by atoms with Crippen molar-refractivity contribution in [3.05, 3.63) is 29.3 Å². The number of aliphatic hydroxyl groups is 1. The fourth-order valence-corrected chi connectivity index (χ4v) is 2.78. The molecule has 0 saturated heterocycles. The largest absolute Gasteiger partial charge is 0.393 e. The molecule has 0 aromatic heterocycles. The van der Waals surface area contributed by atoms with E-state index in [1.165, 1.54) is 0 Å². The maximum absolute atomic E-state index is 11.9. The van der Waals surface area contributed by atoms with Crippen molar-refractivity contribution in [2.24, 2.45) is 5.92 Å². The van der Waals surface area contributed by atoms with Crippen LogP contribution >= 0.6 is 0 Å². The third kappa shape index (κ3) is 4.31. The lowest BCUT2D eigenvalue weighted by atomic mass is 9.86. The minimum absolute atomic E-state index is 0.0474. The van der Waals surface area contributed by atoms with Crippen molar-refractivity contribution < 1.29 is 14.7 Å². The van der Waals surface area contributed by atoms with E-state index < -0.39 is 11.8 Å². The molecule has 0 spiro atoms. The fourth-order valence-electron chi connectivity index (χ4n) is 2.78. The lowest BCUT2D eigenvalue weighted by Gasteiger charge is -2.27. The van der Waals surface area contributed by atoms with Crippen LogP contribution in [0.4, 0.5) is 5.69 Å². The summed E-state index contributed by atoms with van der Waals surface area (Å²) in [6.07, 6.45) is 3.37. The van der Waals surface area contributed by atoms with Crippen molar-refractivity contribution in [1.82, 2.24) is 5.32 Å². The number of carbonyl (C=O) groups excluding carboxylic acids is 2. The molecular formula is C17H24N2O3. The predicted octanol–water partition coefficient (Wildman–Crippen LogP) is 1.91. The molecule has 3 N–H and O–H groups in total. The van der Waals surface area contributed by atoms with Crippen LogP contribution in [-0.2, 0) is 9.59 Å². The van der Waals surface area contributed by atoms with E-state index in [0.29, 0.717) is 12.2 Å². The quantitative estimate of drug-likeness (QED) is 0.746. The molecule has 2 atom stereocenters. The Bertz CT molecular complexity index is 557. The highest BCUT2D eigenvalue weighted by Gasteiger charge is 2.24. The van der Waals surface area contributed by atoms with Gasteiger partial charge >= 0.3 is 11.8 Å². The summed E-state index contributed by atoms with van der Waals surface area (Å²) in [6, 6.07) is 5.70. The Morgan fingerprint density at radius 1 is 1.18 bits per heavy atom. The molecule has 1 aromatic rings. The van der Waals surface area contributed by atoms with Crippen LogP contribution < -0.4 is 10.6 Å². The van der Waals surface area contributed by atoms with Crippen molar-refractivity contribution in [3.8, 4) is 0 Å². The van der Waals surface area contributed by atoms with Gasteiger partial charge in [0.1, 0.15) is 0 Å². The van der Waals surface area contributed by atoms with E-state index in [4.69, 9.17) is 0 Å². The second-order valence-corrected chi connectivity index (χ2v) is 6.09. The number of nitrogens with one attached hydrogen (secondary N) is 2. The Hall–Kier alpha value is -1.88. The van der Waals surface area contributed by atoms with Crippen molar-refractivity contribution in [1.29, 1.82) is 0 Å². The minimum atomic E-state index is -0.668. The van der Waals surface area contributed by atoms with Gasteiger partial charge in [0.2, 0.25) is 0 Å². The smallest absolute Gasteiger partial charge is 0.313 e. The molecule has 1 aliphatic carbocycles. The van der Waals surface area contributed by atoms with E-state index in [0.717, 1.165) is 36.8 Å². The first-order valence-corrected chi connectivity index (χ1v) is 7.82. The van der Waals surface area contributed by atoms with Crippen LogP contribution in [-0.4, -0.2) is 29.6 Å². The van der Waals surface area contributed by atoms with Gasteiger partial charge in [0.05, 0.1) is 6.10 Å². The molecule has 5 heteroatoms. The number of carbonyl (C=O) groups is 2. The number of aryl methyl sites for hydroxylation is 2. The summed E-state index contributed by atoms with van der Waals surface area (Å²) in [7, 11) is 0. The molecule has 1 aromatic carbocycles. The molecule has 2 amide bonds. The highest BCUT2D eigenvalue weighted by atomic mass is 16.3. The Morgan fingerprint density at radius 2 is 1.91 bits per heavy atom. The zero-order valence-electron chi connectivity index (χ0n) is 13.2. The molecule has 22 heavy (non-hydrogen) atoms. The zero-order chi connectivity index (χ0) is 16.1. The maximum Gasteiger partial charge on any atom is 0.313 e. The third-order valence-corrected chi connectivity index (χ3v) is 4.24. The van der Waals surface area contributed by atoms with Gasteiger partial charge in [0.15, 0.2) is 0 Å². The van der Waals surface area contributed by atoms with Gasteiger partial charge in [-0.2, -0.15) is 0 Å². The summed E-state index contributed by atoms with van der Waals surface area (Å²) in [5.74, 6) is -1.27. The van der Waals surface area contributed by atoms with Crippen molar-refractivity contribution in [2.45, 2.75) is 45.6 Å². The summed E-state index contributed by atoms with van der Waals surface area (Å²) in [5.41, 5.74) is 2.58. The number of hydrogen-bond acceptors (Lipinski definition) is 3. The molecule has 0 bridgehead atoms. The first-order chi connectivity index (χ1) is 10.5. The van der Waals surface area contributed by atoms with Gasteiger partial charge < -0.3 is 15.7 Å². The second kappa shape index (κ2) is 7.40. The predicted molar refractivity (Wildman–Crippen MR) is 85.5 cm³/mol. The van der Waals surface area contributed by atoms with Crippen molar-refractivity contribution in [3.63, 3.8) is 0 Å². The first-order valence-electron chi connectivity index (χ1n) is 7.82. The molecule has 5 nitrogen and oxygen atoms in total. The molecule has 1 aliphatic rings. The van der Waals surface area contributed by atoms with E-state index in [2.05, 4.69) is 10.6 Å². The molecule has 0 heterocycles. The minimum Gasteiger partial charge on any atom is -0.393 e. The Labute approximate surface area is 131 Å². The summed E-state index contributed by atoms with van der Waals surface area (Å²) in [4.78, 5) is 23.8. The molecule has 0 unspecified atom stereocenters. The third-order valence-electron chi connectivity index (χ3n) is 4.24. The van der Waals surface area contributed by atoms with E-state index in [-0.39, 0.29) is 12.0 Å². The molecular weight excluding hydrogens is 280 g/mol. The van der Waals surface area contributed by atoms with Crippen LogP contribution in [0.3, 0.4) is 0 Å². The molecule has 1 fully saturated rings. The normalized spacial score (nSPS) is 21.2. The van der Waals surface area contributed by atoms with Crippen molar-refractivity contribution >= 4 is 17.5 Å². The lowest BCUT2D eigenvalue weighted by Crippen LogP contribution is -2.41. The van der Waals surface area contributed by atoms with Crippen LogP contribution in [0.1, 0.15) is 36.8 Å². The highest BCUT2D eigenvalue weighted by Crippen LogP contribution is 2.23. The zero-order valence-corrected chi connectivity index (χ0v) is 13.2. The van der Waals surface area contributed by atoms with E-state index in [1.807, 2.05) is 32.0 Å². The van der Waals surface area contributed by atoms with E-state index in [9.17, 15) is 14.7 Å². The average Bonchev–Trinajstić information content (AvgIpc) is 2.49. The number of rotatable bonds is 3. The van der Waals surface area contributed by atoms with Crippen LogP contribution in [0.25, 0.3) is 0 Å². The van der Waals surface area contributed by atoms with Crippen LogP contribution in [0, 0.1) is 19.8 Å². The molecule has 1 saturated carbocycles. The second-order valence-electron chi connectivity index (χ2n) is 6.09. The standard InChI is InChI=1S/C17H24N2O3/c1-11-7-8-12(2)14(9-11)19-17(22)16(21)18-10-13-5-3-4-6-15(13)20/h7-9,13,15,20H,3-6,10H2,1-2H3,(H,18,21)(H,19,22)/t13-,15-/m1/s1. The average molecular weight is 304 g/mol. The number of aliphatic hydroxyl groups excluding tert-OH is 1. The Kier molecular flexibility index (Phi) is 5.55. The van der Waals surface area contributed by atoms with Gasteiger partial charge in [-0.15, -0.1) is 0 Å². The van der Waals surface area contributed by atoms with Gasteiger partial charge in [-0.3, -0.25) is 9.59 Å². The molecule has 120 valence electrons. The van der Waals surface area contributed by atoms with Crippen molar-refractivity contribution in [2.75, 3.05) is 11.9 Å². The summed E-state index contributed by atoms with van der Waals surface area (Å²) in [6.45, 7) is 4.16. The number of amides is 2. The molecule has 2 rings (SSSR count). The highest BCUT2D eigenvalue weighted by molar-refractivity contribution is 6.39. The maximum atomic E-state index is 11.9. The Morgan fingerprint density at radius 3 is 2.64 bits per heavy atom. The van der Waals surface area contributed by atoms with Crippen LogP contribution in [0.5, 0.6) is 0 Å². The van der Waals surface area contributed by atoms with Crippen LogP contribution in [0.15, 0.2) is 18.2 Å². The topological polar surface area (TPSA) is 78.4 Å². The van der Waals surface area contributed by atoms with Gasteiger partial charge in [-0.1, -0.05) is 25.0 Å². The Balaban J connectivity index is 1.86. The van der Waals surface area contributed by atoms with E-state index >= 15 is 0 Å². The van der Waals surface area contributed by atoms with Gasteiger partial charge in [0.25, 0.3) is 0 Å². The van der Waals surface area contributed by atoms with Crippen LogP contribution in [0.2, 0.25) is 0 Å². The molecule has 0 aliphatic heterocycles. The first kappa shape index (κ1) is 16.5. The monoisotopic (exact) mass is 304 g/mol. The molecule has 0 radical (unpaired) electrons. The van der Waals surface area contributed by atoms with E-state index in [1.54, 1.807) is 0 Å². The summed E-state index contributed by atoms with van der Waals surface area (Å²) in [5, 5.41) is 15.1. The SMILES string of the molecule is Cc1ccc(C)c(NC(=O)C(=O)NC[C@H]2CCCC[C@H]2O)c1. The van der Waals surface area contributed by atoms with Gasteiger partial charge in [0, 0.05) is 18.2 Å². The number of anilines is 1. The lowest BCUT2D eigenvalue weighted by molar-refractivity contribution is -0.136. The number of hydrogen-bond donors (Lipinski definition) is 3. The fraction of sp³-hybridized carbons (Fsp3) is 0.529. The van der Waals surface area contributed by atoms with Gasteiger partial charge in [-0.05, 0) is 43.9 Å². The summed E-state index contributed by atoms with van der Waals surface area (Å²) < 4.78 is 0. The van der Waals surface area contributed by atoms with Gasteiger partial charge in [-0.25, -0.2) is 0 Å².